The monoisotopic (exact) mass is 212 g/mol. The van der Waals surface area contributed by atoms with E-state index in [1.165, 1.54) is 7.11 Å². The Labute approximate surface area is 88.6 Å². The second-order valence-corrected chi connectivity index (χ2v) is 4.05. The van der Waals surface area contributed by atoms with Gasteiger partial charge < -0.3 is 15.0 Å². The van der Waals surface area contributed by atoms with Crippen molar-refractivity contribution in [3.8, 4) is 0 Å². The molecule has 0 spiro atoms. The highest BCUT2D eigenvalue weighted by Crippen LogP contribution is 2.26. The van der Waals surface area contributed by atoms with Gasteiger partial charge in [-0.2, -0.15) is 0 Å². The van der Waals surface area contributed by atoms with E-state index in [0.29, 0.717) is 11.5 Å². The standard InChI is InChI=1S/C10H16N2O3/c1-6-5-7(12-15-6)10(2,3)8(11)9(13)14-4/h5,8H,11H2,1-4H3. The molecule has 1 heterocycles. The third-order valence-electron chi connectivity index (χ3n) is 2.52. The molecule has 1 aromatic rings. The highest BCUT2D eigenvalue weighted by atomic mass is 16.5. The largest absolute Gasteiger partial charge is 0.468 e. The Bertz CT molecular complexity index is 357. The molecule has 84 valence electrons. The third-order valence-corrected chi connectivity index (χ3v) is 2.52. The van der Waals surface area contributed by atoms with Crippen molar-refractivity contribution in [3.63, 3.8) is 0 Å². The topological polar surface area (TPSA) is 78.4 Å². The van der Waals surface area contributed by atoms with Crippen LogP contribution < -0.4 is 5.73 Å². The molecule has 0 bridgehead atoms. The van der Waals surface area contributed by atoms with Gasteiger partial charge in [-0.3, -0.25) is 4.79 Å². The maximum atomic E-state index is 11.3. The minimum atomic E-state index is -0.757. The maximum absolute atomic E-state index is 11.3. The van der Waals surface area contributed by atoms with Crippen LogP contribution >= 0.6 is 0 Å². The van der Waals surface area contributed by atoms with Crippen LogP contribution in [0, 0.1) is 6.92 Å². The molecule has 1 atom stereocenters. The molecular weight excluding hydrogens is 196 g/mol. The molecule has 0 saturated carbocycles. The Kier molecular flexibility index (Phi) is 3.14. The summed E-state index contributed by atoms with van der Waals surface area (Å²) in [6.45, 7) is 5.44. The summed E-state index contributed by atoms with van der Waals surface area (Å²) in [5, 5.41) is 3.86. The Morgan fingerprint density at radius 3 is 2.67 bits per heavy atom. The van der Waals surface area contributed by atoms with E-state index in [4.69, 9.17) is 10.3 Å². The Balaban J connectivity index is 2.96. The summed E-state index contributed by atoms with van der Waals surface area (Å²) in [6, 6.07) is 1.01. The predicted octanol–water partition coefficient (Wildman–Crippen LogP) is 0.761. The number of ether oxygens (including phenoxy) is 1. The summed E-state index contributed by atoms with van der Waals surface area (Å²) >= 11 is 0. The van der Waals surface area contributed by atoms with Crippen LogP contribution in [0.4, 0.5) is 0 Å². The van der Waals surface area contributed by atoms with E-state index in [1.54, 1.807) is 13.0 Å². The number of methoxy groups -OCH3 is 1. The third kappa shape index (κ3) is 2.18. The number of carbonyl (C=O) groups is 1. The van der Waals surface area contributed by atoms with Gasteiger partial charge in [0.15, 0.2) is 0 Å². The van der Waals surface area contributed by atoms with Crippen molar-refractivity contribution in [2.45, 2.75) is 32.2 Å². The van der Waals surface area contributed by atoms with Crippen molar-refractivity contribution in [2.24, 2.45) is 5.73 Å². The number of aromatic nitrogens is 1. The molecule has 0 fully saturated rings. The fraction of sp³-hybridized carbons (Fsp3) is 0.600. The predicted molar refractivity (Wildman–Crippen MR) is 54.3 cm³/mol. The number of aryl methyl sites for hydroxylation is 1. The van der Waals surface area contributed by atoms with Crippen molar-refractivity contribution in [1.82, 2.24) is 5.16 Å². The van der Waals surface area contributed by atoms with Gasteiger partial charge in [-0.25, -0.2) is 0 Å². The molecule has 2 N–H and O–H groups in total. The first-order valence-corrected chi connectivity index (χ1v) is 4.66. The van der Waals surface area contributed by atoms with Crippen molar-refractivity contribution in [3.05, 3.63) is 17.5 Å². The molecule has 0 aliphatic carbocycles. The van der Waals surface area contributed by atoms with E-state index in [9.17, 15) is 4.79 Å². The molecule has 5 nitrogen and oxygen atoms in total. The fourth-order valence-corrected chi connectivity index (χ4v) is 1.25. The first-order valence-electron chi connectivity index (χ1n) is 4.66. The molecule has 0 aliphatic rings. The van der Waals surface area contributed by atoms with E-state index in [-0.39, 0.29) is 0 Å². The van der Waals surface area contributed by atoms with Gasteiger partial charge in [-0.15, -0.1) is 0 Å². The number of hydrogen-bond donors (Lipinski definition) is 1. The average molecular weight is 212 g/mol. The second-order valence-electron chi connectivity index (χ2n) is 4.05. The van der Waals surface area contributed by atoms with Gasteiger partial charge in [0.1, 0.15) is 11.8 Å². The normalized spacial score (nSPS) is 13.7. The van der Waals surface area contributed by atoms with Gasteiger partial charge in [-0.1, -0.05) is 19.0 Å². The molecule has 15 heavy (non-hydrogen) atoms. The van der Waals surface area contributed by atoms with E-state index in [0.717, 1.165) is 0 Å². The summed E-state index contributed by atoms with van der Waals surface area (Å²) in [6.07, 6.45) is 0. The zero-order valence-electron chi connectivity index (χ0n) is 9.40. The highest BCUT2D eigenvalue weighted by Gasteiger charge is 2.37. The van der Waals surface area contributed by atoms with Crippen LogP contribution in [-0.4, -0.2) is 24.3 Å². The van der Waals surface area contributed by atoms with Gasteiger partial charge in [0.2, 0.25) is 0 Å². The quantitative estimate of drug-likeness (QED) is 0.748. The van der Waals surface area contributed by atoms with Gasteiger partial charge in [0.25, 0.3) is 0 Å². The molecule has 0 aliphatic heterocycles. The van der Waals surface area contributed by atoms with Crippen LogP contribution in [0.5, 0.6) is 0 Å². The molecule has 0 radical (unpaired) electrons. The number of esters is 1. The SMILES string of the molecule is COC(=O)C(N)C(C)(C)c1cc(C)on1. The van der Waals surface area contributed by atoms with Crippen LogP contribution in [0.2, 0.25) is 0 Å². The Morgan fingerprint density at radius 2 is 2.27 bits per heavy atom. The Hall–Kier alpha value is -1.36. The molecule has 0 amide bonds. The van der Waals surface area contributed by atoms with Crippen molar-refractivity contribution in [1.29, 1.82) is 0 Å². The average Bonchev–Trinajstić information content (AvgIpc) is 2.63. The van der Waals surface area contributed by atoms with Crippen LogP contribution in [0.15, 0.2) is 10.6 Å². The lowest BCUT2D eigenvalue weighted by atomic mass is 9.81. The minimum Gasteiger partial charge on any atom is -0.468 e. The van der Waals surface area contributed by atoms with Crippen LogP contribution in [0.1, 0.15) is 25.3 Å². The van der Waals surface area contributed by atoms with Gasteiger partial charge in [-0.05, 0) is 6.92 Å². The number of nitrogens with two attached hydrogens (primary N) is 1. The zero-order chi connectivity index (χ0) is 11.6. The maximum Gasteiger partial charge on any atom is 0.323 e. The van der Waals surface area contributed by atoms with E-state index >= 15 is 0 Å². The molecule has 1 rings (SSSR count). The molecule has 1 aromatic heterocycles. The molecular formula is C10H16N2O3. The van der Waals surface area contributed by atoms with Crippen LogP contribution in [0.3, 0.4) is 0 Å². The second kappa shape index (κ2) is 4.02. The lowest BCUT2D eigenvalue weighted by molar-refractivity contribution is -0.143. The van der Waals surface area contributed by atoms with Crippen LogP contribution in [0.25, 0.3) is 0 Å². The lowest BCUT2D eigenvalue weighted by Crippen LogP contribution is -2.47. The zero-order valence-corrected chi connectivity index (χ0v) is 9.40. The van der Waals surface area contributed by atoms with Gasteiger partial charge in [0.05, 0.1) is 12.8 Å². The summed E-state index contributed by atoms with van der Waals surface area (Å²) in [5.74, 6) is 0.232. The molecule has 5 heteroatoms. The van der Waals surface area contributed by atoms with Crippen LogP contribution in [-0.2, 0) is 14.9 Å². The number of carbonyl (C=O) groups excluding carboxylic acids is 1. The number of nitrogens with zero attached hydrogens (tertiary/aromatic N) is 1. The van der Waals surface area contributed by atoms with E-state index < -0.39 is 17.4 Å². The van der Waals surface area contributed by atoms with Gasteiger partial charge in [0, 0.05) is 11.5 Å². The summed E-state index contributed by atoms with van der Waals surface area (Å²) in [5.41, 5.74) is 5.84. The van der Waals surface area contributed by atoms with E-state index in [1.807, 2.05) is 13.8 Å². The number of hydrogen-bond acceptors (Lipinski definition) is 5. The first kappa shape index (κ1) is 11.7. The van der Waals surface area contributed by atoms with Crippen molar-refractivity contribution >= 4 is 5.97 Å². The molecule has 0 saturated heterocycles. The summed E-state index contributed by atoms with van der Waals surface area (Å²) in [4.78, 5) is 11.3. The van der Waals surface area contributed by atoms with E-state index in [2.05, 4.69) is 9.89 Å². The van der Waals surface area contributed by atoms with Crippen molar-refractivity contribution < 1.29 is 14.1 Å². The summed E-state index contributed by atoms with van der Waals surface area (Å²) in [7, 11) is 1.31. The fourth-order valence-electron chi connectivity index (χ4n) is 1.25. The van der Waals surface area contributed by atoms with Crippen molar-refractivity contribution in [2.75, 3.05) is 7.11 Å². The smallest absolute Gasteiger partial charge is 0.323 e. The highest BCUT2D eigenvalue weighted by molar-refractivity contribution is 5.77. The number of rotatable bonds is 3. The molecule has 0 aromatic carbocycles. The lowest BCUT2D eigenvalue weighted by Gasteiger charge is -2.26. The Morgan fingerprint density at radius 1 is 1.67 bits per heavy atom. The van der Waals surface area contributed by atoms with Gasteiger partial charge >= 0.3 is 5.97 Å². The molecule has 1 unspecified atom stereocenters. The minimum absolute atomic E-state index is 0.458. The first-order chi connectivity index (χ1) is 6.89. The summed E-state index contributed by atoms with van der Waals surface area (Å²) < 4.78 is 9.56.